The Kier molecular flexibility index (Phi) is 6.37. The average Bonchev–Trinajstić information content (AvgIpc) is 3.21. The van der Waals surface area contributed by atoms with E-state index < -0.39 is 17.7 Å². The summed E-state index contributed by atoms with van der Waals surface area (Å²) in [5.41, 5.74) is 3.47. The molecule has 1 unspecified atom stereocenters. The Morgan fingerprint density at radius 1 is 1.12 bits per heavy atom. The fourth-order valence-electron chi connectivity index (χ4n) is 4.20. The summed E-state index contributed by atoms with van der Waals surface area (Å²) in [6.45, 7) is 4.66. The lowest BCUT2D eigenvalue weighted by atomic mass is 9.80. The molecule has 1 aromatic heterocycles. The Morgan fingerprint density at radius 3 is 2.58 bits per heavy atom. The van der Waals surface area contributed by atoms with Crippen molar-refractivity contribution >= 4 is 11.5 Å². The number of benzene rings is 2. The number of carboxylic acids is 1. The number of nitrogens with zero attached hydrogens (tertiary/aromatic N) is 3. The minimum absolute atomic E-state index is 0.113. The van der Waals surface area contributed by atoms with Gasteiger partial charge in [-0.2, -0.15) is 4.98 Å². The largest absolute Gasteiger partial charge is 0.478 e. The summed E-state index contributed by atoms with van der Waals surface area (Å²) in [7, 11) is 1.96. The van der Waals surface area contributed by atoms with Gasteiger partial charge in [-0.1, -0.05) is 47.6 Å². The topological polar surface area (TPSA) is 91.5 Å². The van der Waals surface area contributed by atoms with Crippen molar-refractivity contribution in [2.24, 2.45) is 0 Å². The second-order valence-corrected chi connectivity index (χ2v) is 8.17. The number of rotatable bonds is 7. The molecule has 33 heavy (non-hydrogen) atoms. The van der Waals surface area contributed by atoms with E-state index in [2.05, 4.69) is 20.4 Å². The summed E-state index contributed by atoms with van der Waals surface area (Å²) < 4.78 is 19.6. The normalized spacial score (nSPS) is 16.3. The molecular formula is C25H25FN4O3. The molecule has 1 atom stereocenters. The summed E-state index contributed by atoms with van der Waals surface area (Å²) in [6.07, 6.45) is 0. The van der Waals surface area contributed by atoms with Crippen LogP contribution in [0.3, 0.4) is 0 Å². The van der Waals surface area contributed by atoms with E-state index in [0.29, 0.717) is 41.4 Å². The molecule has 0 aliphatic carbocycles. The van der Waals surface area contributed by atoms with Crippen molar-refractivity contribution in [3.05, 3.63) is 100 Å². The number of hydrogen-bond acceptors (Lipinski definition) is 6. The number of allylic oxidation sites excluding steroid dienone is 3. The Morgan fingerprint density at radius 2 is 1.88 bits per heavy atom. The van der Waals surface area contributed by atoms with Gasteiger partial charge < -0.3 is 14.9 Å². The molecule has 2 N–H and O–H groups in total. The number of carboxylic acid groups (broad SMARTS) is 1. The van der Waals surface area contributed by atoms with Crippen LogP contribution in [0.15, 0.2) is 76.1 Å². The highest BCUT2D eigenvalue weighted by molar-refractivity contribution is 5.95. The first-order chi connectivity index (χ1) is 15.8. The molecule has 0 saturated heterocycles. The number of dihydropyridines is 1. The van der Waals surface area contributed by atoms with Crippen LogP contribution in [-0.4, -0.2) is 33.2 Å². The summed E-state index contributed by atoms with van der Waals surface area (Å²) in [5, 5.41) is 17.2. The first kappa shape index (κ1) is 22.4. The second kappa shape index (κ2) is 9.38. The van der Waals surface area contributed by atoms with Crippen molar-refractivity contribution < 1.29 is 18.8 Å². The Balaban J connectivity index is 1.66. The third-order valence-corrected chi connectivity index (χ3v) is 5.58. The molecule has 4 rings (SSSR count). The monoisotopic (exact) mass is 448 g/mol. The maximum absolute atomic E-state index is 14.0. The Hall–Kier alpha value is -3.78. The van der Waals surface area contributed by atoms with Crippen LogP contribution in [0.4, 0.5) is 4.39 Å². The fraction of sp³-hybridized carbons (Fsp3) is 0.240. The van der Waals surface area contributed by atoms with E-state index in [1.165, 1.54) is 12.1 Å². The van der Waals surface area contributed by atoms with Gasteiger partial charge in [-0.15, -0.1) is 0 Å². The molecule has 7 nitrogen and oxygen atoms in total. The van der Waals surface area contributed by atoms with Gasteiger partial charge in [-0.05, 0) is 44.2 Å². The summed E-state index contributed by atoms with van der Waals surface area (Å²) in [4.78, 5) is 18.8. The van der Waals surface area contributed by atoms with Gasteiger partial charge in [0.1, 0.15) is 5.82 Å². The van der Waals surface area contributed by atoms with Crippen molar-refractivity contribution in [2.75, 3.05) is 7.05 Å². The molecule has 2 heterocycles. The lowest BCUT2D eigenvalue weighted by Crippen LogP contribution is -2.27. The number of aromatic nitrogens is 2. The highest BCUT2D eigenvalue weighted by Crippen LogP contribution is 2.42. The van der Waals surface area contributed by atoms with E-state index in [1.54, 1.807) is 19.1 Å². The van der Waals surface area contributed by atoms with Gasteiger partial charge in [0.05, 0.1) is 18.0 Å². The number of halogens is 1. The molecule has 1 aliphatic rings. The fourth-order valence-corrected chi connectivity index (χ4v) is 4.20. The number of aliphatic carboxylic acids is 1. The third-order valence-electron chi connectivity index (χ3n) is 5.58. The van der Waals surface area contributed by atoms with E-state index in [4.69, 9.17) is 4.52 Å². The molecule has 0 bridgehead atoms. The minimum atomic E-state index is -1.10. The van der Waals surface area contributed by atoms with Crippen molar-refractivity contribution in [2.45, 2.75) is 32.9 Å². The SMILES string of the molecule is CC1=C(C(=O)O)C(c2cccc(F)c2)C(c2nc(CN(C)Cc3ccccc3)no2)=C(C)N1. The lowest BCUT2D eigenvalue weighted by Gasteiger charge is -2.29. The molecule has 3 aromatic rings. The number of nitrogens with one attached hydrogen (secondary N) is 1. The zero-order chi connectivity index (χ0) is 23.5. The van der Waals surface area contributed by atoms with Crippen LogP contribution < -0.4 is 5.32 Å². The van der Waals surface area contributed by atoms with Crippen LogP contribution in [-0.2, 0) is 17.9 Å². The van der Waals surface area contributed by atoms with Gasteiger partial charge in [-0.3, -0.25) is 4.90 Å². The van der Waals surface area contributed by atoms with Crippen molar-refractivity contribution in [3.63, 3.8) is 0 Å². The minimum Gasteiger partial charge on any atom is -0.478 e. The molecule has 0 radical (unpaired) electrons. The summed E-state index contributed by atoms with van der Waals surface area (Å²) in [5.74, 6) is -1.61. The average molecular weight is 448 g/mol. The summed E-state index contributed by atoms with van der Waals surface area (Å²) >= 11 is 0. The molecule has 0 spiro atoms. The molecular weight excluding hydrogens is 423 g/mol. The maximum Gasteiger partial charge on any atom is 0.334 e. The zero-order valence-electron chi connectivity index (χ0n) is 18.7. The van der Waals surface area contributed by atoms with Gasteiger partial charge >= 0.3 is 5.97 Å². The van der Waals surface area contributed by atoms with Gasteiger partial charge in [0.25, 0.3) is 5.89 Å². The van der Waals surface area contributed by atoms with E-state index in [-0.39, 0.29) is 11.5 Å². The van der Waals surface area contributed by atoms with Gasteiger partial charge in [0.15, 0.2) is 5.82 Å². The first-order valence-electron chi connectivity index (χ1n) is 10.6. The molecule has 2 aromatic carbocycles. The Labute approximate surface area is 191 Å². The highest BCUT2D eigenvalue weighted by atomic mass is 19.1. The molecule has 0 saturated carbocycles. The molecule has 0 amide bonds. The van der Waals surface area contributed by atoms with Crippen LogP contribution in [0.5, 0.6) is 0 Å². The quantitative estimate of drug-likeness (QED) is 0.556. The number of carbonyl (C=O) groups is 1. The van der Waals surface area contributed by atoms with E-state index >= 15 is 0 Å². The first-order valence-corrected chi connectivity index (χ1v) is 10.6. The zero-order valence-corrected chi connectivity index (χ0v) is 18.7. The molecule has 8 heteroatoms. The maximum atomic E-state index is 14.0. The highest BCUT2D eigenvalue weighted by Gasteiger charge is 2.36. The van der Waals surface area contributed by atoms with Crippen molar-refractivity contribution in [1.29, 1.82) is 0 Å². The Bertz CT molecular complexity index is 1230. The molecule has 1 aliphatic heterocycles. The standard InChI is InChI=1S/C25H25FN4O3/c1-15-21(23(18-10-7-11-19(26)12-18)22(25(31)32)16(2)27-15)24-28-20(29-33-24)14-30(3)13-17-8-5-4-6-9-17/h4-12,23,27H,13-14H2,1-3H3,(H,31,32). The molecule has 0 fully saturated rings. The second-order valence-electron chi connectivity index (χ2n) is 8.17. The van der Waals surface area contributed by atoms with Crippen LogP contribution in [0.1, 0.15) is 42.6 Å². The third kappa shape index (κ3) is 4.85. The van der Waals surface area contributed by atoms with E-state index in [9.17, 15) is 14.3 Å². The molecule has 170 valence electrons. The van der Waals surface area contributed by atoms with Crippen LogP contribution in [0.2, 0.25) is 0 Å². The van der Waals surface area contributed by atoms with Crippen LogP contribution in [0.25, 0.3) is 5.57 Å². The van der Waals surface area contributed by atoms with Gasteiger partial charge in [-0.25, -0.2) is 9.18 Å². The van der Waals surface area contributed by atoms with E-state index in [0.717, 1.165) is 5.56 Å². The number of hydrogen-bond donors (Lipinski definition) is 2. The van der Waals surface area contributed by atoms with Gasteiger partial charge in [0.2, 0.25) is 0 Å². The van der Waals surface area contributed by atoms with Crippen molar-refractivity contribution in [1.82, 2.24) is 20.4 Å². The predicted octanol–water partition coefficient (Wildman–Crippen LogP) is 4.32. The summed E-state index contributed by atoms with van der Waals surface area (Å²) in [6, 6.07) is 16.0. The van der Waals surface area contributed by atoms with Gasteiger partial charge in [0, 0.05) is 23.5 Å². The van der Waals surface area contributed by atoms with E-state index in [1.807, 2.05) is 44.3 Å². The van der Waals surface area contributed by atoms with Crippen molar-refractivity contribution in [3.8, 4) is 0 Å². The predicted molar refractivity (Wildman–Crippen MR) is 121 cm³/mol. The lowest BCUT2D eigenvalue weighted by molar-refractivity contribution is -0.132. The van der Waals surface area contributed by atoms with Crippen LogP contribution in [0, 0.1) is 5.82 Å². The smallest absolute Gasteiger partial charge is 0.334 e. The van der Waals surface area contributed by atoms with Crippen LogP contribution >= 0.6 is 0 Å².